The lowest BCUT2D eigenvalue weighted by atomic mass is 10.0. The molecule has 0 aliphatic rings. The van der Waals surface area contributed by atoms with E-state index in [1.807, 2.05) is 43.3 Å². The van der Waals surface area contributed by atoms with Gasteiger partial charge in [0.15, 0.2) is 5.58 Å². The molecule has 20 heavy (non-hydrogen) atoms. The van der Waals surface area contributed by atoms with Gasteiger partial charge in [0.1, 0.15) is 5.76 Å². The van der Waals surface area contributed by atoms with Crippen LogP contribution in [0.25, 0.3) is 11.0 Å². The van der Waals surface area contributed by atoms with Crippen molar-refractivity contribution in [1.29, 1.82) is 0 Å². The number of fused-ring (bicyclic) bond motifs is 1. The van der Waals surface area contributed by atoms with Crippen molar-refractivity contribution < 1.29 is 4.42 Å². The van der Waals surface area contributed by atoms with Crippen molar-refractivity contribution in [2.75, 3.05) is 0 Å². The molecule has 2 aromatic carbocycles. The van der Waals surface area contributed by atoms with Gasteiger partial charge in [0.25, 0.3) is 0 Å². The van der Waals surface area contributed by atoms with Crippen LogP contribution in [0.5, 0.6) is 0 Å². The monoisotopic (exact) mass is 349 g/mol. The molecular formula is C16H13BrClNO. The molecule has 102 valence electrons. The highest BCUT2D eigenvalue weighted by Crippen LogP contribution is 2.31. The maximum absolute atomic E-state index is 6.31. The van der Waals surface area contributed by atoms with E-state index in [2.05, 4.69) is 22.0 Å². The summed E-state index contributed by atoms with van der Waals surface area (Å²) in [5, 5.41) is 1.57. The molecule has 0 amide bonds. The minimum Gasteiger partial charge on any atom is -0.457 e. The molecule has 1 atom stereocenters. The minimum absolute atomic E-state index is 0.310. The molecule has 4 heteroatoms. The number of halogens is 2. The molecule has 2 N–H and O–H groups in total. The fraction of sp³-hybridized carbons (Fsp3) is 0.125. The summed E-state index contributed by atoms with van der Waals surface area (Å²) in [7, 11) is 0. The van der Waals surface area contributed by atoms with Crippen molar-refractivity contribution in [3.8, 4) is 0 Å². The average Bonchev–Trinajstić information content (AvgIpc) is 2.82. The fourth-order valence-corrected chi connectivity index (χ4v) is 3.15. The second kappa shape index (κ2) is 5.24. The van der Waals surface area contributed by atoms with Crippen molar-refractivity contribution >= 4 is 38.5 Å². The van der Waals surface area contributed by atoms with Crippen LogP contribution in [0.15, 0.2) is 51.4 Å². The first-order chi connectivity index (χ1) is 9.54. The summed E-state index contributed by atoms with van der Waals surface area (Å²) in [6.45, 7) is 2.04. The van der Waals surface area contributed by atoms with Crippen LogP contribution < -0.4 is 5.73 Å². The van der Waals surface area contributed by atoms with Gasteiger partial charge in [-0.25, -0.2) is 0 Å². The molecule has 0 saturated heterocycles. The Bertz CT molecular complexity index is 761. The largest absolute Gasteiger partial charge is 0.457 e. The van der Waals surface area contributed by atoms with Gasteiger partial charge in [-0.1, -0.05) is 45.7 Å². The van der Waals surface area contributed by atoms with Crippen LogP contribution in [0.1, 0.15) is 22.9 Å². The third-order valence-corrected chi connectivity index (χ3v) is 4.00. The van der Waals surface area contributed by atoms with Crippen molar-refractivity contribution in [2.45, 2.75) is 13.0 Å². The highest BCUT2D eigenvalue weighted by atomic mass is 79.9. The zero-order chi connectivity index (χ0) is 14.3. The third kappa shape index (κ3) is 2.49. The number of aryl methyl sites for hydroxylation is 1. The van der Waals surface area contributed by atoms with Crippen molar-refractivity contribution in [3.05, 3.63) is 68.8 Å². The molecule has 2 nitrogen and oxygen atoms in total. The maximum atomic E-state index is 6.31. The first-order valence-electron chi connectivity index (χ1n) is 6.25. The quantitative estimate of drug-likeness (QED) is 0.689. The number of para-hydroxylation sites is 1. The first kappa shape index (κ1) is 13.7. The Labute approximate surface area is 130 Å². The van der Waals surface area contributed by atoms with E-state index < -0.39 is 0 Å². The topological polar surface area (TPSA) is 39.2 Å². The summed E-state index contributed by atoms with van der Waals surface area (Å²) >= 11 is 9.62. The molecule has 1 unspecified atom stereocenters. The fourth-order valence-electron chi connectivity index (χ4n) is 2.31. The first-order valence-corrected chi connectivity index (χ1v) is 7.42. The minimum atomic E-state index is -0.310. The Morgan fingerprint density at radius 1 is 1.20 bits per heavy atom. The normalized spacial score (nSPS) is 12.8. The Balaban J connectivity index is 2.07. The van der Waals surface area contributed by atoms with E-state index in [0.29, 0.717) is 16.4 Å². The Morgan fingerprint density at radius 3 is 2.70 bits per heavy atom. The van der Waals surface area contributed by atoms with E-state index >= 15 is 0 Å². The predicted molar refractivity (Wildman–Crippen MR) is 86.1 cm³/mol. The smallest absolute Gasteiger partial charge is 0.152 e. The number of furan rings is 1. The van der Waals surface area contributed by atoms with Gasteiger partial charge in [-0.15, -0.1) is 0 Å². The number of nitrogens with two attached hydrogens (primary N) is 1. The lowest BCUT2D eigenvalue weighted by molar-refractivity contribution is 0.525. The van der Waals surface area contributed by atoms with Crippen molar-refractivity contribution in [1.82, 2.24) is 0 Å². The van der Waals surface area contributed by atoms with Crippen molar-refractivity contribution in [3.63, 3.8) is 0 Å². The molecule has 0 aliphatic carbocycles. The summed E-state index contributed by atoms with van der Waals surface area (Å²) in [5.41, 5.74) is 9.16. The van der Waals surface area contributed by atoms with Gasteiger partial charge in [0, 0.05) is 9.86 Å². The van der Waals surface area contributed by atoms with E-state index in [1.165, 1.54) is 0 Å². The molecule has 0 bridgehead atoms. The summed E-state index contributed by atoms with van der Waals surface area (Å²) in [6, 6.07) is 13.4. The Morgan fingerprint density at radius 2 is 2.00 bits per heavy atom. The van der Waals surface area contributed by atoms with Gasteiger partial charge in [-0.3, -0.25) is 0 Å². The SMILES string of the molecule is Cc1cc(Br)cc(C(N)c2cc3cccc(Cl)c3o2)c1. The van der Waals surface area contributed by atoms with Gasteiger partial charge in [0.2, 0.25) is 0 Å². The number of hydrogen-bond acceptors (Lipinski definition) is 2. The molecule has 0 aliphatic heterocycles. The molecular weight excluding hydrogens is 338 g/mol. The zero-order valence-electron chi connectivity index (χ0n) is 10.9. The molecule has 0 spiro atoms. The van der Waals surface area contributed by atoms with Crippen LogP contribution >= 0.6 is 27.5 Å². The highest BCUT2D eigenvalue weighted by Gasteiger charge is 2.16. The lowest BCUT2D eigenvalue weighted by Crippen LogP contribution is -2.11. The molecule has 3 aromatic rings. The standard InChI is InChI=1S/C16H13BrClNO/c1-9-5-11(7-12(17)6-9)15(19)14-8-10-3-2-4-13(18)16(10)20-14/h2-8,15H,19H2,1H3. The molecule has 0 radical (unpaired) electrons. The van der Waals surface area contributed by atoms with E-state index in [9.17, 15) is 0 Å². The molecule has 0 fully saturated rings. The van der Waals surface area contributed by atoms with E-state index in [-0.39, 0.29) is 6.04 Å². The average molecular weight is 351 g/mol. The zero-order valence-corrected chi connectivity index (χ0v) is 13.2. The van der Waals surface area contributed by atoms with Crippen molar-refractivity contribution in [2.24, 2.45) is 5.73 Å². The highest BCUT2D eigenvalue weighted by molar-refractivity contribution is 9.10. The summed E-state index contributed by atoms with van der Waals surface area (Å²) in [6.07, 6.45) is 0. The van der Waals surface area contributed by atoms with E-state index in [4.69, 9.17) is 21.8 Å². The summed E-state index contributed by atoms with van der Waals surface area (Å²) in [5.74, 6) is 0.714. The molecule has 0 saturated carbocycles. The molecule has 3 rings (SSSR count). The van der Waals surface area contributed by atoms with Crippen LogP contribution in [0.3, 0.4) is 0 Å². The third-order valence-electron chi connectivity index (χ3n) is 3.25. The Hall–Kier alpha value is -1.29. The summed E-state index contributed by atoms with van der Waals surface area (Å²) < 4.78 is 6.83. The second-order valence-corrected chi connectivity index (χ2v) is 6.17. The van der Waals surface area contributed by atoms with E-state index in [1.54, 1.807) is 0 Å². The maximum Gasteiger partial charge on any atom is 0.152 e. The van der Waals surface area contributed by atoms with Crippen LogP contribution in [0.2, 0.25) is 5.02 Å². The van der Waals surface area contributed by atoms with Crippen LogP contribution in [-0.2, 0) is 0 Å². The number of hydrogen-bond donors (Lipinski definition) is 1. The van der Waals surface area contributed by atoms with Gasteiger partial charge >= 0.3 is 0 Å². The van der Waals surface area contributed by atoms with E-state index in [0.717, 1.165) is 21.0 Å². The number of rotatable bonds is 2. The second-order valence-electron chi connectivity index (χ2n) is 4.85. The summed E-state index contributed by atoms with van der Waals surface area (Å²) in [4.78, 5) is 0. The molecule has 1 heterocycles. The lowest BCUT2D eigenvalue weighted by Gasteiger charge is -2.10. The Kier molecular flexibility index (Phi) is 3.59. The van der Waals surface area contributed by atoms with Gasteiger partial charge in [0.05, 0.1) is 11.1 Å². The van der Waals surface area contributed by atoms with Gasteiger partial charge < -0.3 is 10.2 Å². The number of benzene rings is 2. The molecule has 1 aromatic heterocycles. The van der Waals surface area contributed by atoms with Crippen LogP contribution in [0.4, 0.5) is 0 Å². The van der Waals surface area contributed by atoms with Gasteiger partial charge in [-0.05, 0) is 42.3 Å². The van der Waals surface area contributed by atoms with Gasteiger partial charge in [-0.2, -0.15) is 0 Å². The van der Waals surface area contributed by atoms with Crippen LogP contribution in [0, 0.1) is 6.92 Å². The van der Waals surface area contributed by atoms with Crippen LogP contribution in [-0.4, -0.2) is 0 Å². The predicted octanol–water partition coefficient (Wildman–Crippen LogP) is 5.21.